The summed E-state index contributed by atoms with van der Waals surface area (Å²) in [5.74, 6) is -0.353. The summed E-state index contributed by atoms with van der Waals surface area (Å²) in [6.45, 7) is 2.45. The van der Waals surface area contributed by atoms with Gasteiger partial charge in [0.1, 0.15) is 23.0 Å². The van der Waals surface area contributed by atoms with Gasteiger partial charge in [0, 0.05) is 25.0 Å². The highest BCUT2D eigenvalue weighted by Crippen LogP contribution is 2.28. The number of fused-ring (bicyclic) bond motifs is 1. The van der Waals surface area contributed by atoms with E-state index in [1.807, 2.05) is 6.07 Å². The zero-order chi connectivity index (χ0) is 14.5. The van der Waals surface area contributed by atoms with Crippen LogP contribution in [0.5, 0.6) is 0 Å². The number of rotatable bonds is 7. The second kappa shape index (κ2) is 6.62. The Labute approximate surface area is 120 Å². The number of nitrogens with zero attached hydrogens (tertiary/aromatic N) is 2. The van der Waals surface area contributed by atoms with Gasteiger partial charge in [-0.2, -0.15) is 0 Å². The number of aryl methyl sites for hydroxylation is 1. The first-order valence-electron chi connectivity index (χ1n) is 6.37. The largest absolute Gasteiger partial charge is 0.480 e. The SMILES string of the molecule is CCc1cc2c(NC(CCOC)C(=O)O)ncnc2s1. The summed E-state index contributed by atoms with van der Waals surface area (Å²) in [6, 6.07) is 1.29. The lowest BCUT2D eigenvalue weighted by atomic mass is 10.2. The van der Waals surface area contributed by atoms with Crippen LogP contribution in [-0.2, 0) is 16.0 Å². The van der Waals surface area contributed by atoms with Crippen molar-refractivity contribution in [2.75, 3.05) is 19.0 Å². The molecule has 0 amide bonds. The van der Waals surface area contributed by atoms with E-state index < -0.39 is 12.0 Å². The second-order valence-electron chi connectivity index (χ2n) is 4.32. The van der Waals surface area contributed by atoms with Gasteiger partial charge in [0.2, 0.25) is 0 Å². The van der Waals surface area contributed by atoms with Gasteiger partial charge in [-0.1, -0.05) is 6.92 Å². The van der Waals surface area contributed by atoms with E-state index >= 15 is 0 Å². The average Bonchev–Trinajstić information content (AvgIpc) is 2.87. The second-order valence-corrected chi connectivity index (χ2v) is 5.44. The summed E-state index contributed by atoms with van der Waals surface area (Å²) >= 11 is 1.60. The summed E-state index contributed by atoms with van der Waals surface area (Å²) in [7, 11) is 1.55. The van der Waals surface area contributed by atoms with E-state index in [1.165, 1.54) is 11.2 Å². The van der Waals surface area contributed by atoms with Crippen LogP contribution in [0.4, 0.5) is 5.82 Å². The first kappa shape index (κ1) is 14.7. The fourth-order valence-corrected chi connectivity index (χ4v) is 2.79. The molecule has 2 aromatic rings. The van der Waals surface area contributed by atoms with Crippen LogP contribution in [0, 0.1) is 0 Å². The van der Waals surface area contributed by atoms with Crippen molar-refractivity contribution in [1.29, 1.82) is 0 Å². The monoisotopic (exact) mass is 295 g/mol. The maximum absolute atomic E-state index is 11.2. The number of aliphatic carboxylic acids is 1. The number of ether oxygens (including phenoxy) is 1. The topological polar surface area (TPSA) is 84.3 Å². The van der Waals surface area contributed by atoms with E-state index in [0.29, 0.717) is 18.8 Å². The van der Waals surface area contributed by atoms with Gasteiger partial charge in [-0.15, -0.1) is 11.3 Å². The van der Waals surface area contributed by atoms with Gasteiger partial charge >= 0.3 is 5.97 Å². The van der Waals surface area contributed by atoms with E-state index in [4.69, 9.17) is 4.74 Å². The van der Waals surface area contributed by atoms with Crippen molar-refractivity contribution in [3.05, 3.63) is 17.3 Å². The fourth-order valence-electron chi connectivity index (χ4n) is 1.85. The first-order chi connectivity index (χ1) is 9.65. The van der Waals surface area contributed by atoms with Gasteiger partial charge in [0.25, 0.3) is 0 Å². The predicted octanol–water partition coefficient (Wildman–Crippen LogP) is 2.16. The first-order valence-corrected chi connectivity index (χ1v) is 7.19. The van der Waals surface area contributed by atoms with Crippen LogP contribution >= 0.6 is 11.3 Å². The van der Waals surface area contributed by atoms with Crippen molar-refractivity contribution < 1.29 is 14.6 Å². The molecule has 2 rings (SSSR count). The molecule has 6 nitrogen and oxygen atoms in total. The minimum Gasteiger partial charge on any atom is -0.480 e. The Kier molecular flexibility index (Phi) is 4.86. The Morgan fingerprint density at radius 3 is 3.00 bits per heavy atom. The minimum atomic E-state index is -0.917. The molecule has 0 aliphatic rings. The molecule has 0 spiro atoms. The molecule has 0 aromatic carbocycles. The maximum Gasteiger partial charge on any atom is 0.326 e. The number of methoxy groups -OCH3 is 1. The van der Waals surface area contributed by atoms with Crippen LogP contribution in [-0.4, -0.2) is 40.8 Å². The van der Waals surface area contributed by atoms with Crippen molar-refractivity contribution in [1.82, 2.24) is 9.97 Å². The minimum absolute atomic E-state index is 0.377. The van der Waals surface area contributed by atoms with E-state index in [-0.39, 0.29) is 0 Å². The highest BCUT2D eigenvalue weighted by molar-refractivity contribution is 7.18. The number of aromatic nitrogens is 2. The van der Waals surface area contributed by atoms with E-state index in [9.17, 15) is 9.90 Å². The Morgan fingerprint density at radius 1 is 1.55 bits per heavy atom. The van der Waals surface area contributed by atoms with Crippen LogP contribution in [0.25, 0.3) is 10.2 Å². The molecule has 1 unspecified atom stereocenters. The van der Waals surface area contributed by atoms with E-state index in [1.54, 1.807) is 18.4 Å². The highest BCUT2D eigenvalue weighted by Gasteiger charge is 2.19. The third-order valence-electron chi connectivity index (χ3n) is 2.95. The summed E-state index contributed by atoms with van der Waals surface area (Å²) < 4.78 is 4.94. The number of carboxylic acid groups (broad SMARTS) is 1. The van der Waals surface area contributed by atoms with E-state index in [0.717, 1.165) is 16.6 Å². The quantitative estimate of drug-likeness (QED) is 0.814. The molecule has 20 heavy (non-hydrogen) atoms. The third-order valence-corrected chi connectivity index (χ3v) is 4.14. The van der Waals surface area contributed by atoms with Crippen LogP contribution in [0.1, 0.15) is 18.2 Å². The number of thiophene rings is 1. The van der Waals surface area contributed by atoms with Crippen LogP contribution in [0.3, 0.4) is 0 Å². The molecule has 7 heteroatoms. The molecule has 2 heterocycles. The van der Waals surface area contributed by atoms with Gasteiger partial charge in [-0.3, -0.25) is 0 Å². The zero-order valence-corrected chi connectivity index (χ0v) is 12.2. The molecular formula is C13H17N3O3S. The lowest BCUT2D eigenvalue weighted by Gasteiger charge is -2.14. The fraction of sp³-hybridized carbons (Fsp3) is 0.462. The number of anilines is 1. The van der Waals surface area contributed by atoms with Gasteiger partial charge < -0.3 is 15.2 Å². The van der Waals surface area contributed by atoms with Crippen molar-refractivity contribution in [3.8, 4) is 0 Å². The Hall–Kier alpha value is -1.73. The third kappa shape index (κ3) is 3.23. The normalized spacial score (nSPS) is 12.5. The highest BCUT2D eigenvalue weighted by atomic mass is 32.1. The molecule has 0 radical (unpaired) electrons. The van der Waals surface area contributed by atoms with Crippen LogP contribution < -0.4 is 5.32 Å². The van der Waals surface area contributed by atoms with Gasteiger partial charge in [-0.05, 0) is 12.5 Å². The molecule has 108 valence electrons. The Bertz CT molecular complexity index is 600. The average molecular weight is 295 g/mol. The van der Waals surface area contributed by atoms with Gasteiger partial charge in [0.05, 0.1) is 5.39 Å². The molecular weight excluding hydrogens is 278 g/mol. The Balaban J connectivity index is 2.26. The molecule has 1 atom stereocenters. The molecule has 2 aromatic heterocycles. The maximum atomic E-state index is 11.2. The summed E-state index contributed by atoms with van der Waals surface area (Å²) in [6.07, 6.45) is 2.75. The molecule has 0 aliphatic carbocycles. The molecule has 0 saturated heterocycles. The lowest BCUT2D eigenvalue weighted by molar-refractivity contribution is -0.138. The standard InChI is InChI=1S/C13H17N3O3S/c1-3-8-6-9-11(14-7-15-12(9)20-8)16-10(13(17)18)4-5-19-2/h6-7,10H,3-5H2,1-2H3,(H,17,18)(H,14,15,16). The summed E-state index contributed by atoms with van der Waals surface area (Å²) in [5.41, 5.74) is 0. The number of nitrogens with one attached hydrogen (secondary N) is 1. The van der Waals surface area contributed by atoms with Crippen LogP contribution in [0.15, 0.2) is 12.4 Å². The number of hydrogen-bond acceptors (Lipinski definition) is 6. The number of carbonyl (C=O) groups is 1. The molecule has 0 aliphatic heterocycles. The number of carboxylic acids is 1. The molecule has 0 fully saturated rings. The molecule has 2 N–H and O–H groups in total. The number of hydrogen-bond donors (Lipinski definition) is 2. The van der Waals surface area contributed by atoms with Crippen LogP contribution in [0.2, 0.25) is 0 Å². The summed E-state index contributed by atoms with van der Waals surface area (Å²) in [5, 5.41) is 13.1. The molecule has 0 bridgehead atoms. The van der Waals surface area contributed by atoms with E-state index in [2.05, 4.69) is 22.2 Å². The van der Waals surface area contributed by atoms with Crippen molar-refractivity contribution in [3.63, 3.8) is 0 Å². The van der Waals surface area contributed by atoms with Gasteiger partial charge in [0.15, 0.2) is 0 Å². The Morgan fingerprint density at radius 2 is 2.35 bits per heavy atom. The van der Waals surface area contributed by atoms with Gasteiger partial charge in [-0.25, -0.2) is 14.8 Å². The van der Waals surface area contributed by atoms with Crippen molar-refractivity contribution in [2.45, 2.75) is 25.8 Å². The smallest absolute Gasteiger partial charge is 0.326 e. The summed E-state index contributed by atoms with van der Waals surface area (Å²) in [4.78, 5) is 21.7. The van der Waals surface area contributed by atoms with Crippen molar-refractivity contribution in [2.24, 2.45) is 0 Å². The molecule has 0 saturated carbocycles. The zero-order valence-electron chi connectivity index (χ0n) is 11.4. The lowest BCUT2D eigenvalue weighted by Crippen LogP contribution is -2.30. The predicted molar refractivity (Wildman–Crippen MR) is 78.3 cm³/mol. The van der Waals surface area contributed by atoms with Crippen molar-refractivity contribution >= 4 is 33.3 Å².